The summed E-state index contributed by atoms with van der Waals surface area (Å²) in [6.45, 7) is 0. The molecule has 0 saturated carbocycles. The lowest BCUT2D eigenvalue weighted by Crippen LogP contribution is -2.16. The molecular weight excluding hydrogens is 279 g/mol. The summed E-state index contributed by atoms with van der Waals surface area (Å²) >= 11 is 2.32. The highest BCUT2D eigenvalue weighted by Gasteiger charge is 2.07. The first-order valence-corrected chi connectivity index (χ1v) is 5.14. The van der Waals surface area contributed by atoms with Crippen molar-refractivity contribution in [3.8, 4) is 0 Å². The van der Waals surface area contributed by atoms with Crippen molar-refractivity contribution >= 4 is 22.6 Å². The van der Waals surface area contributed by atoms with Crippen LogP contribution in [0.15, 0.2) is 24.3 Å². The van der Waals surface area contributed by atoms with Crippen LogP contribution in [0.1, 0.15) is 5.56 Å². The van der Waals surface area contributed by atoms with Crippen molar-refractivity contribution < 1.29 is 9.47 Å². The maximum Gasteiger partial charge on any atom is 0.160 e. The summed E-state index contributed by atoms with van der Waals surface area (Å²) in [4.78, 5) is 0. The third-order valence-corrected chi connectivity index (χ3v) is 2.92. The molecule has 1 aromatic rings. The minimum atomic E-state index is -0.143. The third kappa shape index (κ3) is 3.25. The van der Waals surface area contributed by atoms with Gasteiger partial charge in [0.15, 0.2) is 6.29 Å². The molecule has 0 aliphatic heterocycles. The van der Waals surface area contributed by atoms with E-state index < -0.39 is 0 Å². The van der Waals surface area contributed by atoms with E-state index in [0.717, 1.165) is 6.42 Å². The van der Waals surface area contributed by atoms with Gasteiger partial charge in [0.1, 0.15) is 0 Å². The molecule has 1 aromatic carbocycles. The highest BCUT2D eigenvalue weighted by atomic mass is 127. The number of hydrogen-bond donors (Lipinski definition) is 0. The Morgan fingerprint density at radius 2 is 1.85 bits per heavy atom. The van der Waals surface area contributed by atoms with E-state index in [-0.39, 0.29) is 6.29 Å². The van der Waals surface area contributed by atoms with Gasteiger partial charge in [-0.2, -0.15) is 0 Å². The van der Waals surface area contributed by atoms with Crippen LogP contribution in [0.25, 0.3) is 0 Å². The molecule has 13 heavy (non-hydrogen) atoms. The Bertz CT molecular complexity index is 259. The molecule has 72 valence electrons. The van der Waals surface area contributed by atoms with Crippen LogP contribution in [0.3, 0.4) is 0 Å². The molecule has 0 radical (unpaired) electrons. The average molecular weight is 292 g/mol. The van der Waals surface area contributed by atoms with Crippen molar-refractivity contribution in [1.29, 1.82) is 0 Å². The lowest BCUT2D eigenvalue weighted by molar-refractivity contribution is -0.100. The lowest BCUT2D eigenvalue weighted by Gasteiger charge is -2.13. The minimum absolute atomic E-state index is 0.143. The van der Waals surface area contributed by atoms with Crippen molar-refractivity contribution in [1.82, 2.24) is 0 Å². The molecule has 0 amide bonds. The van der Waals surface area contributed by atoms with Crippen LogP contribution in [0.5, 0.6) is 0 Å². The smallest absolute Gasteiger partial charge is 0.160 e. The Labute approximate surface area is 92.4 Å². The van der Waals surface area contributed by atoms with Crippen molar-refractivity contribution in [3.63, 3.8) is 0 Å². The molecule has 1 rings (SSSR count). The molecule has 0 saturated heterocycles. The Kier molecular flexibility index (Phi) is 4.69. The van der Waals surface area contributed by atoms with Gasteiger partial charge in [-0.05, 0) is 34.2 Å². The van der Waals surface area contributed by atoms with Gasteiger partial charge in [0.2, 0.25) is 0 Å². The second-order valence-corrected chi connectivity index (χ2v) is 3.86. The van der Waals surface area contributed by atoms with Crippen LogP contribution >= 0.6 is 22.6 Å². The highest BCUT2D eigenvalue weighted by Crippen LogP contribution is 2.14. The van der Waals surface area contributed by atoms with Gasteiger partial charge < -0.3 is 9.47 Å². The summed E-state index contributed by atoms with van der Waals surface area (Å²) in [6.07, 6.45) is 0.655. The molecule has 0 unspecified atom stereocenters. The predicted molar refractivity (Wildman–Crippen MR) is 60.7 cm³/mol. The summed E-state index contributed by atoms with van der Waals surface area (Å²) in [5.41, 5.74) is 1.26. The molecule has 0 bridgehead atoms. The molecule has 0 fully saturated rings. The van der Waals surface area contributed by atoms with Crippen LogP contribution in [0.2, 0.25) is 0 Å². The summed E-state index contributed by atoms with van der Waals surface area (Å²) in [5, 5.41) is 0. The van der Waals surface area contributed by atoms with Crippen LogP contribution in [-0.4, -0.2) is 20.5 Å². The van der Waals surface area contributed by atoms with Gasteiger partial charge >= 0.3 is 0 Å². The van der Waals surface area contributed by atoms with E-state index in [2.05, 4.69) is 34.7 Å². The Morgan fingerprint density at radius 1 is 1.23 bits per heavy atom. The topological polar surface area (TPSA) is 18.5 Å². The number of benzene rings is 1. The van der Waals surface area contributed by atoms with E-state index in [9.17, 15) is 0 Å². The zero-order valence-electron chi connectivity index (χ0n) is 7.79. The number of halogens is 1. The molecular formula is C10H13IO2. The largest absolute Gasteiger partial charge is 0.356 e. The summed E-state index contributed by atoms with van der Waals surface area (Å²) < 4.78 is 11.5. The molecule has 0 aliphatic rings. The summed E-state index contributed by atoms with van der Waals surface area (Å²) in [5.74, 6) is 0. The lowest BCUT2D eigenvalue weighted by atomic mass is 10.1. The normalized spacial score (nSPS) is 10.8. The molecule has 3 heteroatoms. The second-order valence-electron chi connectivity index (χ2n) is 2.70. The first-order chi connectivity index (χ1) is 6.27. The van der Waals surface area contributed by atoms with Gasteiger partial charge in [-0.25, -0.2) is 0 Å². The van der Waals surface area contributed by atoms with E-state index in [1.54, 1.807) is 14.2 Å². The molecule has 0 aliphatic carbocycles. The minimum Gasteiger partial charge on any atom is -0.356 e. The zero-order chi connectivity index (χ0) is 9.68. The van der Waals surface area contributed by atoms with Crippen LogP contribution < -0.4 is 0 Å². The van der Waals surface area contributed by atoms with Crippen LogP contribution in [0.4, 0.5) is 0 Å². The van der Waals surface area contributed by atoms with Gasteiger partial charge in [0.25, 0.3) is 0 Å². The number of methoxy groups -OCH3 is 2. The second kappa shape index (κ2) is 5.57. The van der Waals surface area contributed by atoms with E-state index in [4.69, 9.17) is 9.47 Å². The fourth-order valence-corrected chi connectivity index (χ4v) is 1.71. The van der Waals surface area contributed by atoms with E-state index >= 15 is 0 Å². The Hall–Kier alpha value is -0.130. The first kappa shape index (κ1) is 10.9. The molecule has 0 aromatic heterocycles. The summed E-state index contributed by atoms with van der Waals surface area (Å²) in [7, 11) is 3.31. The third-order valence-electron chi connectivity index (χ3n) is 1.87. The fraction of sp³-hybridized carbons (Fsp3) is 0.400. The monoisotopic (exact) mass is 292 g/mol. The molecule has 0 atom stereocenters. The van der Waals surface area contributed by atoms with Crippen molar-refractivity contribution in [3.05, 3.63) is 33.4 Å². The van der Waals surface area contributed by atoms with Crippen LogP contribution in [0, 0.1) is 3.57 Å². The predicted octanol–water partition coefficient (Wildman–Crippen LogP) is 2.45. The van der Waals surface area contributed by atoms with E-state index in [0.29, 0.717) is 0 Å². The number of rotatable bonds is 4. The van der Waals surface area contributed by atoms with Gasteiger partial charge in [-0.15, -0.1) is 0 Å². The van der Waals surface area contributed by atoms with Gasteiger partial charge in [0, 0.05) is 24.2 Å². The summed E-state index contributed by atoms with van der Waals surface area (Å²) in [6, 6.07) is 8.23. The van der Waals surface area contributed by atoms with Crippen molar-refractivity contribution in [2.45, 2.75) is 12.7 Å². The Morgan fingerprint density at radius 3 is 2.38 bits per heavy atom. The van der Waals surface area contributed by atoms with E-state index in [1.807, 2.05) is 12.1 Å². The van der Waals surface area contributed by atoms with Gasteiger partial charge in [-0.1, -0.05) is 18.2 Å². The quantitative estimate of drug-likeness (QED) is 0.627. The number of ether oxygens (including phenoxy) is 2. The zero-order valence-corrected chi connectivity index (χ0v) is 9.95. The van der Waals surface area contributed by atoms with E-state index in [1.165, 1.54) is 9.13 Å². The fourth-order valence-electron chi connectivity index (χ4n) is 1.11. The van der Waals surface area contributed by atoms with Crippen molar-refractivity contribution in [2.75, 3.05) is 14.2 Å². The highest BCUT2D eigenvalue weighted by molar-refractivity contribution is 14.1. The first-order valence-electron chi connectivity index (χ1n) is 4.07. The maximum atomic E-state index is 5.13. The Balaban J connectivity index is 2.67. The maximum absolute atomic E-state index is 5.13. The molecule has 0 heterocycles. The van der Waals surface area contributed by atoms with Gasteiger partial charge in [0.05, 0.1) is 0 Å². The molecule has 2 nitrogen and oxygen atoms in total. The average Bonchev–Trinajstić information content (AvgIpc) is 2.17. The standard InChI is InChI=1S/C10H13IO2/c1-12-10(13-2)7-8-5-3-4-6-9(8)11/h3-6,10H,7H2,1-2H3. The van der Waals surface area contributed by atoms with Crippen LogP contribution in [-0.2, 0) is 15.9 Å². The molecule has 0 spiro atoms. The van der Waals surface area contributed by atoms with Gasteiger partial charge in [-0.3, -0.25) is 0 Å². The molecule has 0 N–H and O–H groups in total. The number of hydrogen-bond acceptors (Lipinski definition) is 2. The SMILES string of the molecule is COC(Cc1ccccc1I)OC. The van der Waals surface area contributed by atoms with Crippen molar-refractivity contribution in [2.24, 2.45) is 0 Å².